The largest absolute Gasteiger partial charge is 0.239 e. The van der Waals surface area contributed by atoms with Gasteiger partial charge >= 0.3 is 0 Å². The van der Waals surface area contributed by atoms with Gasteiger partial charge in [0.2, 0.25) is 20.8 Å². The van der Waals surface area contributed by atoms with E-state index in [0.717, 1.165) is 0 Å². The van der Waals surface area contributed by atoms with Gasteiger partial charge in [0.1, 0.15) is 0 Å². The van der Waals surface area contributed by atoms with Gasteiger partial charge in [-0.2, -0.15) is 0 Å². The Kier molecular flexibility index (Phi) is 1.23. The first-order valence-corrected chi connectivity index (χ1v) is 3.74. The fraction of sp³-hybridized carbons (Fsp3) is 1.00. The second-order valence-electron chi connectivity index (χ2n) is 1.74. The van der Waals surface area contributed by atoms with Gasteiger partial charge in [0.25, 0.3) is 0 Å². The molecule has 0 radical (unpaired) electrons. The van der Waals surface area contributed by atoms with Gasteiger partial charge in [-0.15, -0.1) is 0 Å². The first kappa shape index (κ1) is 6.85. The number of halogens is 3. The highest BCUT2D eigenvalue weighted by Gasteiger charge is 2.58. The standard InChI is InChI=1S/C3H3F3O2S/c4-1-2(5)9(7,8)3(1)6/h1-3H. The molecule has 0 aliphatic carbocycles. The van der Waals surface area contributed by atoms with Crippen LogP contribution >= 0.6 is 0 Å². The van der Waals surface area contributed by atoms with Gasteiger partial charge in [-0.25, -0.2) is 21.6 Å². The lowest BCUT2D eigenvalue weighted by Gasteiger charge is -2.27. The Labute approximate surface area is 49.6 Å². The minimum atomic E-state index is -4.40. The minimum Gasteiger partial charge on any atom is -0.239 e. The predicted octanol–water partition coefficient (Wildman–Crippen LogP) is 0.344. The lowest BCUT2D eigenvalue weighted by molar-refractivity contribution is 0.120. The smallest absolute Gasteiger partial charge is 0.238 e. The van der Waals surface area contributed by atoms with Crippen LogP contribution in [-0.4, -0.2) is 25.6 Å². The van der Waals surface area contributed by atoms with Crippen molar-refractivity contribution >= 4 is 9.84 Å². The quantitative estimate of drug-likeness (QED) is 0.512. The zero-order valence-electron chi connectivity index (χ0n) is 4.09. The van der Waals surface area contributed by atoms with Crippen LogP contribution in [0.5, 0.6) is 0 Å². The summed E-state index contributed by atoms with van der Waals surface area (Å²) in [5.74, 6) is 0. The van der Waals surface area contributed by atoms with Gasteiger partial charge in [-0.05, 0) is 0 Å². The van der Waals surface area contributed by atoms with E-state index >= 15 is 0 Å². The molecular formula is C3H3F3O2S. The molecule has 1 aliphatic heterocycles. The monoisotopic (exact) mass is 160 g/mol. The van der Waals surface area contributed by atoms with Crippen molar-refractivity contribution in [1.29, 1.82) is 0 Å². The molecule has 0 spiro atoms. The molecule has 1 aliphatic rings. The van der Waals surface area contributed by atoms with Crippen LogP contribution in [-0.2, 0) is 9.84 Å². The summed E-state index contributed by atoms with van der Waals surface area (Å²) in [6.45, 7) is 0. The molecule has 0 aromatic rings. The van der Waals surface area contributed by atoms with Crippen molar-refractivity contribution in [3.05, 3.63) is 0 Å². The maximum absolute atomic E-state index is 11.7. The predicted molar refractivity (Wildman–Crippen MR) is 23.6 cm³/mol. The van der Waals surface area contributed by atoms with E-state index in [0.29, 0.717) is 0 Å². The lowest BCUT2D eigenvalue weighted by Crippen LogP contribution is -2.52. The summed E-state index contributed by atoms with van der Waals surface area (Å²) in [4.78, 5) is 0. The van der Waals surface area contributed by atoms with Crippen molar-refractivity contribution in [2.45, 2.75) is 17.2 Å². The third-order valence-electron chi connectivity index (χ3n) is 1.13. The Hall–Kier alpha value is -0.260. The highest BCUT2D eigenvalue weighted by molar-refractivity contribution is 7.93. The van der Waals surface area contributed by atoms with Gasteiger partial charge in [-0.1, -0.05) is 0 Å². The number of hydrogen-bond acceptors (Lipinski definition) is 2. The molecule has 1 saturated heterocycles. The SMILES string of the molecule is O=S1(=O)C(F)C(F)C1F. The van der Waals surface area contributed by atoms with E-state index in [9.17, 15) is 21.6 Å². The fourth-order valence-corrected chi connectivity index (χ4v) is 1.49. The first-order valence-electron chi connectivity index (χ1n) is 2.13. The van der Waals surface area contributed by atoms with Gasteiger partial charge in [0, 0.05) is 0 Å². The van der Waals surface area contributed by atoms with Crippen molar-refractivity contribution in [2.75, 3.05) is 0 Å². The Morgan fingerprint density at radius 1 is 1.00 bits per heavy atom. The summed E-state index contributed by atoms with van der Waals surface area (Å²) in [5.41, 5.74) is -5.29. The van der Waals surface area contributed by atoms with Gasteiger partial charge in [-0.3, -0.25) is 0 Å². The maximum Gasteiger partial charge on any atom is 0.238 e. The van der Waals surface area contributed by atoms with Crippen LogP contribution in [0.25, 0.3) is 0 Å². The topological polar surface area (TPSA) is 34.1 Å². The van der Waals surface area contributed by atoms with E-state index < -0.39 is 27.0 Å². The van der Waals surface area contributed by atoms with Crippen LogP contribution in [0.2, 0.25) is 0 Å². The van der Waals surface area contributed by atoms with E-state index in [1.807, 2.05) is 0 Å². The Morgan fingerprint density at radius 2 is 1.33 bits per heavy atom. The fourth-order valence-electron chi connectivity index (χ4n) is 0.516. The molecule has 2 nitrogen and oxygen atoms in total. The van der Waals surface area contributed by atoms with Crippen molar-refractivity contribution in [1.82, 2.24) is 0 Å². The molecule has 0 amide bonds. The normalized spacial score (nSPS) is 48.1. The molecule has 9 heavy (non-hydrogen) atoms. The molecule has 1 fully saturated rings. The zero-order chi connectivity index (χ0) is 7.23. The molecule has 0 bridgehead atoms. The van der Waals surface area contributed by atoms with Crippen molar-refractivity contribution in [2.24, 2.45) is 0 Å². The van der Waals surface area contributed by atoms with Gasteiger partial charge in [0.15, 0.2) is 6.17 Å². The molecule has 6 heteroatoms. The van der Waals surface area contributed by atoms with Crippen LogP contribution in [0.3, 0.4) is 0 Å². The lowest BCUT2D eigenvalue weighted by atomic mass is 10.4. The van der Waals surface area contributed by atoms with Crippen molar-refractivity contribution in [3.8, 4) is 0 Å². The van der Waals surface area contributed by atoms with Gasteiger partial charge < -0.3 is 0 Å². The number of sulfone groups is 1. The van der Waals surface area contributed by atoms with E-state index in [1.165, 1.54) is 0 Å². The highest BCUT2D eigenvalue weighted by Crippen LogP contribution is 2.34. The van der Waals surface area contributed by atoms with Crippen molar-refractivity contribution in [3.63, 3.8) is 0 Å². The summed E-state index contributed by atoms with van der Waals surface area (Å²) in [7, 11) is -4.40. The number of hydrogen-bond donors (Lipinski definition) is 0. The maximum atomic E-state index is 11.7. The summed E-state index contributed by atoms with van der Waals surface area (Å²) in [5, 5.41) is 0. The van der Waals surface area contributed by atoms with Crippen LogP contribution in [0.1, 0.15) is 0 Å². The average molecular weight is 160 g/mol. The minimum absolute atomic E-state index is 2.48. The summed E-state index contributed by atoms with van der Waals surface area (Å²) in [6, 6.07) is 0. The highest BCUT2D eigenvalue weighted by atomic mass is 32.2. The number of alkyl halides is 3. The molecule has 54 valence electrons. The van der Waals surface area contributed by atoms with Crippen LogP contribution in [0, 0.1) is 0 Å². The van der Waals surface area contributed by atoms with Crippen LogP contribution < -0.4 is 0 Å². The van der Waals surface area contributed by atoms with E-state index in [1.54, 1.807) is 0 Å². The summed E-state index contributed by atoms with van der Waals surface area (Å²) in [6.07, 6.45) is -2.48. The molecular weight excluding hydrogens is 157 g/mol. The van der Waals surface area contributed by atoms with E-state index in [4.69, 9.17) is 0 Å². The zero-order valence-corrected chi connectivity index (χ0v) is 4.91. The Bertz CT molecular complexity index is 195. The Balaban J connectivity index is 2.87. The molecule has 0 N–H and O–H groups in total. The second-order valence-corrected chi connectivity index (χ2v) is 3.81. The molecule has 2 unspecified atom stereocenters. The molecule has 0 aromatic heterocycles. The third-order valence-corrected chi connectivity index (χ3v) is 2.90. The average Bonchev–Trinajstić information content (AvgIpc) is 1.84. The van der Waals surface area contributed by atoms with Crippen LogP contribution in [0.15, 0.2) is 0 Å². The molecule has 2 atom stereocenters. The second kappa shape index (κ2) is 1.62. The van der Waals surface area contributed by atoms with Gasteiger partial charge in [0.05, 0.1) is 0 Å². The molecule has 1 rings (SSSR count). The summed E-state index contributed by atoms with van der Waals surface area (Å²) >= 11 is 0. The Morgan fingerprint density at radius 3 is 1.44 bits per heavy atom. The van der Waals surface area contributed by atoms with Crippen LogP contribution in [0.4, 0.5) is 13.2 Å². The summed E-state index contributed by atoms with van der Waals surface area (Å²) < 4.78 is 55.1. The molecule has 0 saturated carbocycles. The van der Waals surface area contributed by atoms with E-state index in [-0.39, 0.29) is 0 Å². The van der Waals surface area contributed by atoms with E-state index in [2.05, 4.69) is 0 Å². The third kappa shape index (κ3) is 0.654. The van der Waals surface area contributed by atoms with Crippen molar-refractivity contribution < 1.29 is 21.6 Å². The molecule has 0 aromatic carbocycles. The first-order chi connectivity index (χ1) is 3.98. The number of rotatable bonds is 0. The molecule has 1 heterocycles.